The van der Waals surface area contributed by atoms with Crippen molar-refractivity contribution < 1.29 is 14.7 Å². The summed E-state index contributed by atoms with van der Waals surface area (Å²) in [6, 6.07) is 0. The van der Waals surface area contributed by atoms with Gasteiger partial charge in [-0.25, -0.2) is 14.6 Å². The standard InChI is InChI=1S/C4H6N2O3/c7-3-5-1-2-6-4(8)9/h6H,1-2H2,(H,8,9). The fourth-order valence-electron chi connectivity index (χ4n) is 0.264. The molecule has 2 N–H and O–H groups in total. The van der Waals surface area contributed by atoms with Gasteiger partial charge in [-0.1, -0.05) is 0 Å². The monoisotopic (exact) mass is 130 g/mol. The average molecular weight is 130 g/mol. The van der Waals surface area contributed by atoms with Crippen LogP contribution in [0.5, 0.6) is 0 Å². The maximum absolute atomic E-state index is 9.71. The molecule has 9 heavy (non-hydrogen) atoms. The van der Waals surface area contributed by atoms with Crippen molar-refractivity contribution >= 4 is 12.2 Å². The van der Waals surface area contributed by atoms with Crippen LogP contribution in [0.3, 0.4) is 0 Å². The summed E-state index contributed by atoms with van der Waals surface area (Å²) in [4.78, 5) is 22.2. The lowest BCUT2D eigenvalue weighted by Crippen LogP contribution is -2.23. The van der Waals surface area contributed by atoms with Crippen molar-refractivity contribution in [2.24, 2.45) is 4.99 Å². The van der Waals surface area contributed by atoms with Gasteiger partial charge in [0.15, 0.2) is 0 Å². The van der Waals surface area contributed by atoms with Gasteiger partial charge in [-0.15, -0.1) is 0 Å². The Morgan fingerprint density at radius 1 is 1.78 bits per heavy atom. The van der Waals surface area contributed by atoms with Crippen LogP contribution in [0.25, 0.3) is 0 Å². The van der Waals surface area contributed by atoms with Crippen LogP contribution in [0.2, 0.25) is 0 Å². The normalized spacial score (nSPS) is 7.56. The number of carbonyl (C=O) groups excluding carboxylic acids is 1. The molecule has 0 aromatic carbocycles. The van der Waals surface area contributed by atoms with E-state index in [1.54, 1.807) is 0 Å². The minimum Gasteiger partial charge on any atom is -0.465 e. The van der Waals surface area contributed by atoms with Crippen molar-refractivity contribution in [3.63, 3.8) is 0 Å². The topological polar surface area (TPSA) is 78.8 Å². The van der Waals surface area contributed by atoms with E-state index in [-0.39, 0.29) is 13.1 Å². The van der Waals surface area contributed by atoms with Crippen LogP contribution >= 0.6 is 0 Å². The first-order chi connectivity index (χ1) is 4.27. The molecule has 0 rings (SSSR count). The van der Waals surface area contributed by atoms with Gasteiger partial charge in [0.05, 0.1) is 6.54 Å². The molecule has 0 aliphatic carbocycles. The molecular formula is C4H6N2O3. The summed E-state index contributed by atoms with van der Waals surface area (Å²) >= 11 is 0. The Morgan fingerprint density at radius 2 is 2.44 bits per heavy atom. The predicted octanol–water partition coefficient (Wildman–Crippen LogP) is -0.410. The SMILES string of the molecule is O=C=NCCNC(=O)O. The highest BCUT2D eigenvalue weighted by atomic mass is 16.4. The van der Waals surface area contributed by atoms with Crippen LogP contribution in [-0.4, -0.2) is 30.4 Å². The third kappa shape index (κ3) is 6.65. The fraction of sp³-hybridized carbons (Fsp3) is 0.500. The van der Waals surface area contributed by atoms with Gasteiger partial charge in [0.2, 0.25) is 6.08 Å². The van der Waals surface area contributed by atoms with E-state index in [9.17, 15) is 9.59 Å². The smallest absolute Gasteiger partial charge is 0.404 e. The molecule has 0 aliphatic heterocycles. The summed E-state index contributed by atoms with van der Waals surface area (Å²) < 4.78 is 0. The van der Waals surface area contributed by atoms with Gasteiger partial charge in [0.25, 0.3) is 0 Å². The Hall–Kier alpha value is -1.35. The molecule has 0 spiro atoms. The van der Waals surface area contributed by atoms with Crippen LogP contribution in [0.15, 0.2) is 4.99 Å². The van der Waals surface area contributed by atoms with E-state index in [1.165, 1.54) is 6.08 Å². The maximum atomic E-state index is 9.71. The van der Waals surface area contributed by atoms with Gasteiger partial charge < -0.3 is 10.4 Å². The highest BCUT2D eigenvalue weighted by molar-refractivity contribution is 5.64. The van der Waals surface area contributed by atoms with E-state index in [2.05, 4.69) is 4.99 Å². The van der Waals surface area contributed by atoms with Crippen LogP contribution in [0.1, 0.15) is 0 Å². The Kier molecular flexibility index (Phi) is 4.08. The molecule has 1 amide bonds. The Balaban J connectivity index is 3.10. The molecule has 5 nitrogen and oxygen atoms in total. The van der Waals surface area contributed by atoms with Gasteiger partial charge >= 0.3 is 6.09 Å². The van der Waals surface area contributed by atoms with E-state index < -0.39 is 6.09 Å². The van der Waals surface area contributed by atoms with Gasteiger partial charge in [-0.2, -0.15) is 0 Å². The summed E-state index contributed by atoms with van der Waals surface area (Å²) in [7, 11) is 0. The summed E-state index contributed by atoms with van der Waals surface area (Å²) in [6.07, 6.45) is 0.169. The summed E-state index contributed by atoms with van der Waals surface area (Å²) in [5.41, 5.74) is 0. The van der Waals surface area contributed by atoms with E-state index in [4.69, 9.17) is 5.11 Å². The van der Waals surface area contributed by atoms with Gasteiger partial charge in [0, 0.05) is 6.54 Å². The third-order valence-electron chi connectivity index (χ3n) is 0.564. The first-order valence-corrected chi connectivity index (χ1v) is 2.28. The van der Waals surface area contributed by atoms with E-state index in [0.29, 0.717) is 0 Å². The molecule has 0 bridgehead atoms. The molecule has 0 unspecified atom stereocenters. The zero-order chi connectivity index (χ0) is 7.11. The largest absolute Gasteiger partial charge is 0.465 e. The van der Waals surface area contributed by atoms with Crippen molar-refractivity contribution in [3.05, 3.63) is 0 Å². The molecule has 5 heteroatoms. The van der Waals surface area contributed by atoms with E-state index in [0.717, 1.165) is 0 Å². The quantitative estimate of drug-likeness (QED) is 0.309. The number of carboxylic acid groups (broad SMARTS) is 1. The van der Waals surface area contributed by atoms with Gasteiger partial charge in [0.1, 0.15) is 0 Å². The van der Waals surface area contributed by atoms with Gasteiger partial charge in [-0.3, -0.25) is 0 Å². The number of hydrogen-bond donors (Lipinski definition) is 2. The van der Waals surface area contributed by atoms with Crippen molar-refractivity contribution in [3.8, 4) is 0 Å². The van der Waals surface area contributed by atoms with Crippen LogP contribution in [0, 0.1) is 0 Å². The minimum atomic E-state index is -1.11. The van der Waals surface area contributed by atoms with Crippen LogP contribution < -0.4 is 5.32 Å². The zero-order valence-corrected chi connectivity index (χ0v) is 4.63. The number of carbonyl (C=O) groups is 1. The zero-order valence-electron chi connectivity index (χ0n) is 4.63. The first kappa shape index (κ1) is 7.65. The molecule has 0 heterocycles. The number of amides is 1. The Morgan fingerprint density at radius 3 is 2.89 bits per heavy atom. The maximum Gasteiger partial charge on any atom is 0.404 e. The number of nitrogens with one attached hydrogen (secondary N) is 1. The molecule has 0 aromatic heterocycles. The minimum absolute atomic E-state index is 0.149. The Bertz CT molecular complexity index is 137. The molecule has 0 atom stereocenters. The molecule has 0 aromatic rings. The Labute approximate surface area is 51.4 Å². The predicted molar refractivity (Wildman–Crippen MR) is 29.0 cm³/mol. The van der Waals surface area contributed by atoms with Gasteiger partial charge in [-0.05, 0) is 0 Å². The molecule has 0 fully saturated rings. The number of rotatable bonds is 3. The molecular weight excluding hydrogens is 124 g/mol. The van der Waals surface area contributed by atoms with Crippen LogP contribution in [0.4, 0.5) is 4.79 Å². The van der Waals surface area contributed by atoms with E-state index >= 15 is 0 Å². The van der Waals surface area contributed by atoms with Crippen molar-refractivity contribution in [2.75, 3.05) is 13.1 Å². The summed E-state index contributed by atoms with van der Waals surface area (Å²) in [5, 5.41) is 9.99. The second kappa shape index (κ2) is 4.80. The lowest BCUT2D eigenvalue weighted by Gasteiger charge is -1.91. The molecule has 0 saturated carbocycles. The highest BCUT2D eigenvalue weighted by Crippen LogP contribution is 1.63. The lowest BCUT2D eigenvalue weighted by molar-refractivity contribution is 0.195. The molecule has 0 saturated heterocycles. The lowest BCUT2D eigenvalue weighted by atomic mass is 10.6. The number of aliphatic imine (C=N–C) groups is 1. The van der Waals surface area contributed by atoms with E-state index in [1.807, 2.05) is 5.32 Å². The number of isocyanates is 1. The summed E-state index contributed by atoms with van der Waals surface area (Å²) in [6.45, 7) is 0.306. The number of hydrogen-bond acceptors (Lipinski definition) is 3. The first-order valence-electron chi connectivity index (χ1n) is 2.28. The third-order valence-corrected chi connectivity index (χ3v) is 0.564. The molecule has 50 valence electrons. The fourth-order valence-corrected chi connectivity index (χ4v) is 0.264. The van der Waals surface area contributed by atoms with Crippen LogP contribution in [-0.2, 0) is 4.79 Å². The van der Waals surface area contributed by atoms with Crippen molar-refractivity contribution in [1.82, 2.24) is 5.32 Å². The second-order valence-corrected chi connectivity index (χ2v) is 1.20. The van der Waals surface area contributed by atoms with Crippen molar-refractivity contribution in [2.45, 2.75) is 0 Å². The summed E-state index contributed by atoms with van der Waals surface area (Å²) in [5.74, 6) is 0. The highest BCUT2D eigenvalue weighted by Gasteiger charge is 1.88. The molecule has 0 aliphatic rings. The number of nitrogens with zero attached hydrogens (tertiary/aromatic N) is 1. The molecule has 0 radical (unpaired) electrons. The van der Waals surface area contributed by atoms with Crippen molar-refractivity contribution in [1.29, 1.82) is 0 Å². The second-order valence-electron chi connectivity index (χ2n) is 1.20. The average Bonchev–Trinajstić information content (AvgIpc) is 1.80.